The number of ether oxygens (including phenoxy) is 1. The summed E-state index contributed by atoms with van der Waals surface area (Å²) in [4.78, 5) is 2.10. The first-order chi connectivity index (χ1) is 8.13. The molecule has 0 unspecified atom stereocenters. The summed E-state index contributed by atoms with van der Waals surface area (Å²) >= 11 is 3.54. The van der Waals surface area contributed by atoms with E-state index in [0.717, 1.165) is 29.9 Å². The van der Waals surface area contributed by atoms with E-state index in [9.17, 15) is 0 Å². The van der Waals surface area contributed by atoms with Crippen molar-refractivity contribution >= 4 is 15.9 Å². The summed E-state index contributed by atoms with van der Waals surface area (Å²) in [6.45, 7) is 5.61. The highest BCUT2D eigenvalue weighted by Crippen LogP contribution is 2.25. The molecule has 0 saturated heterocycles. The van der Waals surface area contributed by atoms with Crippen LogP contribution in [0.15, 0.2) is 22.7 Å². The lowest BCUT2D eigenvalue weighted by atomic mass is 10.2. The lowest BCUT2D eigenvalue weighted by Crippen LogP contribution is -2.19. The van der Waals surface area contributed by atoms with Gasteiger partial charge in [-0.1, -0.05) is 13.0 Å². The molecule has 0 fully saturated rings. The molecule has 0 aromatic heterocycles. The predicted molar refractivity (Wildman–Crippen MR) is 75.6 cm³/mol. The van der Waals surface area contributed by atoms with Gasteiger partial charge in [-0.2, -0.15) is 0 Å². The maximum atomic E-state index is 5.70. The summed E-state index contributed by atoms with van der Waals surface area (Å²) in [5.41, 5.74) is 1.26. The van der Waals surface area contributed by atoms with Crippen LogP contribution < -0.4 is 10.1 Å². The van der Waals surface area contributed by atoms with Crippen LogP contribution in [0, 0.1) is 0 Å². The van der Waals surface area contributed by atoms with Crippen LogP contribution in [-0.2, 0) is 6.54 Å². The molecule has 96 valence electrons. The Bertz CT molecular complexity index is 342. The maximum absolute atomic E-state index is 5.70. The quantitative estimate of drug-likeness (QED) is 0.837. The molecule has 0 radical (unpaired) electrons. The summed E-state index contributed by atoms with van der Waals surface area (Å²) in [6.07, 6.45) is 0. The van der Waals surface area contributed by atoms with E-state index in [1.807, 2.05) is 20.2 Å². The Morgan fingerprint density at radius 3 is 2.71 bits per heavy atom. The minimum Gasteiger partial charge on any atom is -0.491 e. The van der Waals surface area contributed by atoms with Crippen molar-refractivity contribution in [2.24, 2.45) is 0 Å². The predicted octanol–water partition coefficient (Wildman–Crippen LogP) is 2.50. The summed E-state index contributed by atoms with van der Waals surface area (Å²) < 4.78 is 6.72. The molecule has 17 heavy (non-hydrogen) atoms. The fourth-order valence-corrected chi connectivity index (χ4v) is 1.92. The van der Waals surface area contributed by atoms with Crippen LogP contribution in [0.2, 0.25) is 0 Å². The van der Waals surface area contributed by atoms with Gasteiger partial charge in [0.25, 0.3) is 0 Å². The van der Waals surface area contributed by atoms with Crippen molar-refractivity contribution in [2.45, 2.75) is 13.5 Å². The zero-order chi connectivity index (χ0) is 12.7. The molecule has 4 heteroatoms. The highest BCUT2D eigenvalue weighted by atomic mass is 79.9. The van der Waals surface area contributed by atoms with E-state index in [1.165, 1.54) is 5.56 Å². The highest BCUT2D eigenvalue weighted by molar-refractivity contribution is 9.10. The zero-order valence-electron chi connectivity index (χ0n) is 10.8. The third-order valence-corrected chi connectivity index (χ3v) is 2.99. The Morgan fingerprint density at radius 2 is 2.12 bits per heavy atom. The molecular formula is C13H21BrN2O. The summed E-state index contributed by atoms with van der Waals surface area (Å²) in [6, 6.07) is 6.22. The summed E-state index contributed by atoms with van der Waals surface area (Å²) in [5.74, 6) is 0.909. The fourth-order valence-electron chi connectivity index (χ4n) is 1.38. The maximum Gasteiger partial charge on any atom is 0.133 e. The molecule has 1 aromatic carbocycles. The molecule has 0 heterocycles. The van der Waals surface area contributed by atoms with Gasteiger partial charge in [0, 0.05) is 13.1 Å². The molecular weight excluding hydrogens is 280 g/mol. The number of hydrogen-bond acceptors (Lipinski definition) is 3. The third kappa shape index (κ3) is 5.52. The minimum absolute atomic E-state index is 0.707. The zero-order valence-corrected chi connectivity index (χ0v) is 12.4. The second kappa shape index (κ2) is 7.69. The number of hydrogen-bond donors (Lipinski definition) is 1. The third-order valence-electron chi connectivity index (χ3n) is 2.37. The lowest BCUT2D eigenvalue weighted by molar-refractivity contribution is 0.260. The number of halogens is 1. The first-order valence-corrected chi connectivity index (χ1v) is 6.69. The van der Waals surface area contributed by atoms with Gasteiger partial charge in [0.1, 0.15) is 12.4 Å². The molecule has 0 amide bonds. The van der Waals surface area contributed by atoms with Crippen LogP contribution in [-0.4, -0.2) is 38.7 Å². The largest absolute Gasteiger partial charge is 0.491 e. The number of likely N-dealkylation sites (N-methyl/N-ethyl adjacent to an activating group) is 1. The number of nitrogens with one attached hydrogen (secondary N) is 1. The highest BCUT2D eigenvalue weighted by Gasteiger charge is 2.02. The SMILES string of the molecule is CCNCc1ccc(OCCN(C)C)c(Br)c1. The molecule has 0 atom stereocenters. The lowest BCUT2D eigenvalue weighted by Gasteiger charge is -2.13. The van der Waals surface area contributed by atoms with Crippen LogP contribution in [0.4, 0.5) is 0 Å². The average Bonchev–Trinajstić information content (AvgIpc) is 2.28. The molecule has 0 aliphatic heterocycles. The van der Waals surface area contributed by atoms with E-state index < -0.39 is 0 Å². The van der Waals surface area contributed by atoms with Gasteiger partial charge >= 0.3 is 0 Å². The van der Waals surface area contributed by atoms with Gasteiger partial charge in [-0.3, -0.25) is 0 Å². The van der Waals surface area contributed by atoms with Gasteiger partial charge in [-0.05, 0) is 54.3 Å². The molecule has 1 N–H and O–H groups in total. The Balaban J connectivity index is 2.50. The molecule has 1 rings (SSSR count). The Labute approximate surface area is 112 Å². The number of rotatable bonds is 7. The Morgan fingerprint density at radius 1 is 1.35 bits per heavy atom. The number of benzene rings is 1. The van der Waals surface area contributed by atoms with Crippen molar-refractivity contribution in [3.05, 3.63) is 28.2 Å². The van der Waals surface area contributed by atoms with Crippen molar-refractivity contribution in [2.75, 3.05) is 33.8 Å². The molecule has 0 spiro atoms. The van der Waals surface area contributed by atoms with E-state index in [4.69, 9.17) is 4.74 Å². The van der Waals surface area contributed by atoms with Gasteiger partial charge in [-0.15, -0.1) is 0 Å². The van der Waals surface area contributed by atoms with Crippen LogP contribution >= 0.6 is 15.9 Å². The fraction of sp³-hybridized carbons (Fsp3) is 0.538. The van der Waals surface area contributed by atoms with E-state index in [-0.39, 0.29) is 0 Å². The van der Waals surface area contributed by atoms with Crippen molar-refractivity contribution < 1.29 is 4.74 Å². The second-order valence-corrected chi connectivity index (χ2v) is 5.05. The van der Waals surface area contributed by atoms with Gasteiger partial charge in [0.05, 0.1) is 4.47 Å². The smallest absolute Gasteiger partial charge is 0.133 e. The summed E-state index contributed by atoms with van der Waals surface area (Å²) in [5, 5.41) is 3.30. The van der Waals surface area contributed by atoms with Crippen molar-refractivity contribution in [3.8, 4) is 5.75 Å². The van der Waals surface area contributed by atoms with Crippen LogP contribution in [0.1, 0.15) is 12.5 Å². The molecule has 3 nitrogen and oxygen atoms in total. The van der Waals surface area contributed by atoms with Crippen molar-refractivity contribution in [3.63, 3.8) is 0 Å². The van der Waals surface area contributed by atoms with E-state index >= 15 is 0 Å². The van der Waals surface area contributed by atoms with Crippen LogP contribution in [0.3, 0.4) is 0 Å². The van der Waals surface area contributed by atoms with Gasteiger partial charge in [0.2, 0.25) is 0 Å². The summed E-state index contributed by atoms with van der Waals surface area (Å²) in [7, 11) is 4.08. The van der Waals surface area contributed by atoms with E-state index in [0.29, 0.717) is 6.61 Å². The van der Waals surface area contributed by atoms with Crippen LogP contribution in [0.5, 0.6) is 5.75 Å². The second-order valence-electron chi connectivity index (χ2n) is 4.20. The topological polar surface area (TPSA) is 24.5 Å². The van der Waals surface area contributed by atoms with Gasteiger partial charge in [-0.25, -0.2) is 0 Å². The normalized spacial score (nSPS) is 10.9. The molecule has 0 aliphatic rings. The van der Waals surface area contributed by atoms with Gasteiger partial charge in [0.15, 0.2) is 0 Å². The Hall–Kier alpha value is -0.580. The average molecular weight is 301 g/mol. The molecule has 1 aromatic rings. The van der Waals surface area contributed by atoms with E-state index in [1.54, 1.807) is 0 Å². The van der Waals surface area contributed by atoms with Crippen molar-refractivity contribution in [1.29, 1.82) is 0 Å². The number of nitrogens with zero attached hydrogens (tertiary/aromatic N) is 1. The molecule has 0 saturated carbocycles. The van der Waals surface area contributed by atoms with Gasteiger partial charge < -0.3 is 15.0 Å². The Kier molecular flexibility index (Phi) is 6.55. The standard InChI is InChI=1S/C13H21BrN2O/c1-4-15-10-11-5-6-13(12(14)9-11)17-8-7-16(2)3/h5-6,9,15H,4,7-8,10H2,1-3H3. The van der Waals surface area contributed by atoms with Crippen LogP contribution in [0.25, 0.3) is 0 Å². The first kappa shape index (κ1) is 14.5. The monoisotopic (exact) mass is 300 g/mol. The van der Waals surface area contributed by atoms with Crippen molar-refractivity contribution in [1.82, 2.24) is 10.2 Å². The first-order valence-electron chi connectivity index (χ1n) is 5.90. The minimum atomic E-state index is 0.707. The molecule has 0 bridgehead atoms. The van der Waals surface area contributed by atoms with E-state index in [2.05, 4.69) is 45.2 Å². The molecule has 0 aliphatic carbocycles.